The average molecular weight is 248 g/mol. The molecule has 0 radical (unpaired) electrons. The van der Waals surface area contributed by atoms with Gasteiger partial charge in [0.1, 0.15) is 11.6 Å². The van der Waals surface area contributed by atoms with E-state index in [1.165, 1.54) is 12.1 Å². The second kappa shape index (κ2) is 5.69. The van der Waals surface area contributed by atoms with Crippen molar-refractivity contribution in [2.45, 2.75) is 19.5 Å². The lowest BCUT2D eigenvalue weighted by Gasteiger charge is -2.13. The minimum atomic E-state index is -0.555. The minimum Gasteiger partial charge on any atom is -0.306 e. The summed E-state index contributed by atoms with van der Waals surface area (Å²) in [6.07, 6.45) is 3.47. The number of pyridine rings is 1. The molecule has 0 aliphatic heterocycles. The molecule has 1 N–H and O–H groups in total. The van der Waals surface area contributed by atoms with E-state index in [1.807, 2.05) is 19.1 Å². The van der Waals surface area contributed by atoms with E-state index < -0.39 is 11.6 Å². The molecule has 0 saturated carbocycles. The van der Waals surface area contributed by atoms with Crippen LogP contribution in [0.2, 0.25) is 0 Å². The third kappa shape index (κ3) is 3.34. The fourth-order valence-corrected chi connectivity index (χ4v) is 1.73. The van der Waals surface area contributed by atoms with Gasteiger partial charge >= 0.3 is 0 Å². The van der Waals surface area contributed by atoms with Crippen molar-refractivity contribution in [1.82, 2.24) is 10.3 Å². The Labute approximate surface area is 105 Å². The number of halogens is 2. The van der Waals surface area contributed by atoms with Crippen LogP contribution in [0.5, 0.6) is 0 Å². The molecule has 4 heteroatoms. The number of benzene rings is 1. The molecule has 2 rings (SSSR count). The summed E-state index contributed by atoms with van der Waals surface area (Å²) in [5.41, 5.74) is 1.62. The third-order valence-electron chi connectivity index (χ3n) is 2.72. The minimum absolute atomic E-state index is 0.0741. The zero-order valence-electron chi connectivity index (χ0n) is 10.0. The Hall–Kier alpha value is -1.81. The summed E-state index contributed by atoms with van der Waals surface area (Å²) in [4.78, 5) is 4.03. The van der Waals surface area contributed by atoms with Crippen LogP contribution in [0.15, 0.2) is 42.7 Å². The molecular formula is C14H14F2N2. The lowest BCUT2D eigenvalue weighted by molar-refractivity contribution is 0.553. The van der Waals surface area contributed by atoms with E-state index in [0.29, 0.717) is 12.1 Å². The van der Waals surface area contributed by atoms with E-state index >= 15 is 0 Å². The molecule has 0 aliphatic rings. The quantitative estimate of drug-likeness (QED) is 0.898. The number of nitrogens with zero attached hydrogens (tertiary/aromatic N) is 1. The second-order valence-electron chi connectivity index (χ2n) is 4.17. The van der Waals surface area contributed by atoms with Gasteiger partial charge in [0.25, 0.3) is 0 Å². The molecule has 0 amide bonds. The van der Waals surface area contributed by atoms with E-state index in [2.05, 4.69) is 10.3 Å². The molecule has 1 aromatic carbocycles. The number of rotatable bonds is 4. The fourth-order valence-electron chi connectivity index (χ4n) is 1.73. The number of nitrogens with one attached hydrogen (secondary N) is 1. The molecule has 2 aromatic rings. The van der Waals surface area contributed by atoms with Gasteiger partial charge < -0.3 is 5.32 Å². The molecule has 0 saturated heterocycles. The van der Waals surface area contributed by atoms with E-state index in [1.54, 1.807) is 12.4 Å². The zero-order chi connectivity index (χ0) is 13.0. The highest BCUT2D eigenvalue weighted by Gasteiger charge is 2.06. The van der Waals surface area contributed by atoms with Crippen LogP contribution in [0.4, 0.5) is 8.78 Å². The summed E-state index contributed by atoms with van der Waals surface area (Å²) >= 11 is 0. The first-order valence-corrected chi connectivity index (χ1v) is 5.73. The van der Waals surface area contributed by atoms with Crippen molar-refractivity contribution in [3.63, 3.8) is 0 Å². The summed E-state index contributed by atoms with van der Waals surface area (Å²) < 4.78 is 26.0. The van der Waals surface area contributed by atoms with E-state index in [-0.39, 0.29) is 6.04 Å². The van der Waals surface area contributed by atoms with Crippen molar-refractivity contribution in [3.05, 3.63) is 65.5 Å². The fraction of sp³-hybridized carbons (Fsp3) is 0.214. The highest BCUT2D eigenvalue weighted by Crippen LogP contribution is 2.12. The number of hydrogen-bond donors (Lipinski definition) is 1. The molecular weight excluding hydrogens is 234 g/mol. The molecule has 1 atom stereocenters. The van der Waals surface area contributed by atoms with Crippen molar-refractivity contribution in [3.8, 4) is 0 Å². The molecule has 0 fully saturated rings. The first kappa shape index (κ1) is 12.6. The molecule has 1 heterocycles. The van der Waals surface area contributed by atoms with Crippen LogP contribution in [0, 0.1) is 11.6 Å². The van der Waals surface area contributed by atoms with Gasteiger partial charge in [0.05, 0.1) is 0 Å². The monoisotopic (exact) mass is 248 g/mol. The maximum atomic E-state index is 13.0. The third-order valence-corrected chi connectivity index (χ3v) is 2.72. The van der Waals surface area contributed by atoms with Gasteiger partial charge in [0.2, 0.25) is 0 Å². The van der Waals surface area contributed by atoms with Gasteiger partial charge in [-0.3, -0.25) is 4.98 Å². The average Bonchev–Trinajstić information content (AvgIpc) is 2.36. The first-order chi connectivity index (χ1) is 8.65. The summed E-state index contributed by atoms with van der Waals surface area (Å²) in [5.74, 6) is -1.11. The smallest absolute Gasteiger partial charge is 0.126 e. The lowest BCUT2D eigenvalue weighted by atomic mass is 10.1. The van der Waals surface area contributed by atoms with Crippen LogP contribution < -0.4 is 5.32 Å². The van der Waals surface area contributed by atoms with Crippen LogP contribution in [-0.4, -0.2) is 4.98 Å². The van der Waals surface area contributed by atoms with Gasteiger partial charge in [0.15, 0.2) is 0 Å². The first-order valence-electron chi connectivity index (χ1n) is 5.73. The molecule has 2 nitrogen and oxygen atoms in total. The Bertz CT molecular complexity index is 494. The van der Waals surface area contributed by atoms with E-state index in [9.17, 15) is 8.78 Å². The summed E-state index contributed by atoms with van der Waals surface area (Å²) in [7, 11) is 0. The van der Waals surface area contributed by atoms with Crippen LogP contribution in [0.3, 0.4) is 0 Å². The van der Waals surface area contributed by atoms with Gasteiger partial charge in [-0.1, -0.05) is 6.07 Å². The maximum Gasteiger partial charge on any atom is 0.126 e. The SMILES string of the molecule is C[C@@H](NCc1cc(F)cc(F)c1)c1cccnc1. The maximum absolute atomic E-state index is 13.0. The topological polar surface area (TPSA) is 24.9 Å². The van der Waals surface area contributed by atoms with Crippen LogP contribution in [0.1, 0.15) is 24.1 Å². The second-order valence-corrected chi connectivity index (χ2v) is 4.17. The zero-order valence-corrected chi connectivity index (χ0v) is 10.0. The van der Waals surface area contributed by atoms with Crippen molar-refractivity contribution in [2.24, 2.45) is 0 Å². The Morgan fingerprint density at radius 1 is 1.22 bits per heavy atom. The Balaban J connectivity index is 1.99. The van der Waals surface area contributed by atoms with Crippen LogP contribution in [-0.2, 0) is 6.54 Å². The number of aromatic nitrogens is 1. The van der Waals surface area contributed by atoms with Gasteiger partial charge in [-0.25, -0.2) is 8.78 Å². The van der Waals surface area contributed by atoms with Crippen molar-refractivity contribution in [2.75, 3.05) is 0 Å². The molecule has 0 bridgehead atoms. The molecule has 1 aromatic heterocycles. The summed E-state index contributed by atoms with van der Waals surface area (Å²) in [6.45, 7) is 2.39. The van der Waals surface area contributed by atoms with Gasteiger partial charge in [-0.05, 0) is 36.2 Å². The van der Waals surface area contributed by atoms with Crippen molar-refractivity contribution < 1.29 is 8.78 Å². The van der Waals surface area contributed by atoms with Crippen LogP contribution in [0.25, 0.3) is 0 Å². The highest BCUT2D eigenvalue weighted by molar-refractivity contribution is 5.19. The summed E-state index contributed by atoms with van der Waals surface area (Å²) in [5, 5.41) is 3.20. The Morgan fingerprint density at radius 3 is 2.56 bits per heavy atom. The molecule has 18 heavy (non-hydrogen) atoms. The predicted molar refractivity (Wildman–Crippen MR) is 65.8 cm³/mol. The van der Waals surface area contributed by atoms with Crippen molar-refractivity contribution in [1.29, 1.82) is 0 Å². The number of hydrogen-bond acceptors (Lipinski definition) is 2. The van der Waals surface area contributed by atoms with E-state index in [4.69, 9.17) is 0 Å². The largest absolute Gasteiger partial charge is 0.306 e. The predicted octanol–water partition coefficient (Wildman–Crippen LogP) is 3.21. The molecule has 0 unspecified atom stereocenters. The van der Waals surface area contributed by atoms with Gasteiger partial charge in [-0.2, -0.15) is 0 Å². The highest BCUT2D eigenvalue weighted by atomic mass is 19.1. The van der Waals surface area contributed by atoms with Gasteiger partial charge in [0, 0.05) is 31.0 Å². The van der Waals surface area contributed by atoms with Crippen LogP contribution >= 0.6 is 0 Å². The summed E-state index contributed by atoms with van der Waals surface area (Å²) in [6, 6.07) is 7.41. The standard InChI is InChI=1S/C14H14F2N2/c1-10(12-3-2-4-17-9-12)18-8-11-5-13(15)7-14(16)6-11/h2-7,9-10,18H,8H2,1H3/t10-/m1/s1. The van der Waals surface area contributed by atoms with Crippen molar-refractivity contribution >= 4 is 0 Å². The normalized spacial score (nSPS) is 12.4. The Morgan fingerprint density at radius 2 is 1.94 bits per heavy atom. The molecule has 0 aliphatic carbocycles. The Kier molecular flexibility index (Phi) is 3.99. The van der Waals surface area contributed by atoms with E-state index in [0.717, 1.165) is 11.6 Å². The lowest BCUT2D eigenvalue weighted by Crippen LogP contribution is -2.18. The molecule has 94 valence electrons. The molecule has 0 spiro atoms. The van der Waals surface area contributed by atoms with Gasteiger partial charge in [-0.15, -0.1) is 0 Å².